The van der Waals surface area contributed by atoms with E-state index in [0.717, 1.165) is 30.0 Å². The number of carboxylic acids is 2. The monoisotopic (exact) mass is 409 g/mol. The highest BCUT2D eigenvalue weighted by atomic mass is 32.2. The van der Waals surface area contributed by atoms with Crippen LogP contribution in [0.3, 0.4) is 0 Å². The molecule has 1 aromatic carbocycles. The zero-order valence-electron chi connectivity index (χ0n) is 14.9. The number of primary amides is 1. The van der Waals surface area contributed by atoms with Gasteiger partial charge < -0.3 is 21.3 Å². The average molecular weight is 409 g/mol. The Hall–Kier alpha value is -2.92. The first-order valence-corrected chi connectivity index (χ1v) is 9.07. The maximum atomic E-state index is 12.7. The van der Waals surface area contributed by atoms with Gasteiger partial charge in [0, 0.05) is 24.4 Å². The van der Waals surface area contributed by atoms with Crippen molar-refractivity contribution in [2.24, 2.45) is 5.73 Å². The Balaban J connectivity index is 2.23. The van der Waals surface area contributed by atoms with Crippen molar-refractivity contribution in [3.05, 3.63) is 29.3 Å². The lowest BCUT2D eigenvalue weighted by Crippen LogP contribution is -2.43. The largest absolute Gasteiger partial charge is 0.478 e. The third-order valence-electron chi connectivity index (χ3n) is 4.05. The summed E-state index contributed by atoms with van der Waals surface area (Å²) in [4.78, 5) is 59.3. The number of benzene rings is 1. The number of amides is 2. The predicted octanol–water partition coefficient (Wildman–Crippen LogP) is 0.229. The Morgan fingerprint density at radius 3 is 2.18 bits per heavy atom. The maximum Gasteiger partial charge on any atom is 0.335 e. The van der Waals surface area contributed by atoms with Gasteiger partial charge >= 0.3 is 11.9 Å². The standard InChI is InChI=1S/C17H19N3O7S/c1-8(21)28-12-5-13(20(6-12)7-14(18)22)15(23)19-11-3-9(16(24)25)2-10(4-11)17(26)27/h2-4,12-13H,5-7H2,1H3,(H2,18,22)(H,19,23)(H,24,25)(H,26,27)/t12-,13-/m0/s1. The van der Waals surface area contributed by atoms with E-state index in [1.165, 1.54) is 11.8 Å². The summed E-state index contributed by atoms with van der Waals surface area (Å²) in [5, 5.41) is 20.4. The van der Waals surface area contributed by atoms with E-state index in [2.05, 4.69) is 5.32 Å². The number of anilines is 1. The summed E-state index contributed by atoms with van der Waals surface area (Å²) < 4.78 is 0. The van der Waals surface area contributed by atoms with Crippen LogP contribution in [0.25, 0.3) is 0 Å². The molecule has 11 heteroatoms. The molecule has 0 aliphatic carbocycles. The van der Waals surface area contributed by atoms with Crippen LogP contribution in [-0.4, -0.2) is 68.4 Å². The topological polar surface area (TPSA) is 167 Å². The smallest absolute Gasteiger partial charge is 0.335 e. The second-order valence-electron chi connectivity index (χ2n) is 6.28. The van der Waals surface area contributed by atoms with Crippen LogP contribution in [0.1, 0.15) is 34.1 Å². The molecule has 0 spiro atoms. The molecule has 5 N–H and O–H groups in total. The van der Waals surface area contributed by atoms with Crippen molar-refractivity contribution in [3.63, 3.8) is 0 Å². The maximum absolute atomic E-state index is 12.7. The van der Waals surface area contributed by atoms with E-state index in [9.17, 15) is 24.0 Å². The van der Waals surface area contributed by atoms with Crippen LogP contribution in [0.15, 0.2) is 18.2 Å². The Bertz CT molecular complexity index is 810. The lowest BCUT2D eigenvalue weighted by Gasteiger charge is -2.22. The van der Waals surface area contributed by atoms with E-state index >= 15 is 0 Å². The summed E-state index contributed by atoms with van der Waals surface area (Å²) in [5.41, 5.74) is 4.65. The summed E-state index contributed by atoms with van der Waals surface area (Å²) in [5.74, 6) is -3.86. The normalized spacial score (nSPS) is 19.2. The van der Waals surface area contributed by atoms with Gasteiger partial charge in [0.25, 0.3) is 0 Å². The van der Waals surface area contributed by atoms with Gasteiger partial charge in [0.15, 0.2) is 5.12 Å². The van der Waals surface area contributed by atoms with Crippen LogP contribution in [0.5, 0.6) is 0 Å². The molecule has 2 atom stereocenters. The summed E-state index contributed by atoms with van der Waals surface area (Å²) in [6.07, 6.45) is 0.285. The highest BCUT2D eigenvalue weighted by Gasteiger charge is 2.38. The van der Waals surface area contributed by atoms with Gasteiger partial charge in [-0.1, -0.05) is 11.8 Å². The fourth-order valence-electron chi connectivity index (χ4n) is 3.00. The zero-order chi connectivity index (χ0) is 21.0. The van der Waals surface area contributed by atoms with Gasteiger partial charge in [-0.05, 0) is 24.6 Å². The number of likely N-dealkylation sites (tertiary alicyclic amines) is 1. The number of rotatable bonds is 7. The number of carbonyl (C=O) groups excluding carboxylic acids is 3. The fraction of sp³-hybridized carbons (Fsp3) is 0.353. The molecule has 1 aromatic rings. The van der Waals surface area contributed by atoms with Gasteiger partial charge in [0.05, 0.1) is 23.7 Å². The fourth-order valence-corrected chi connectivity index (χ4v) is 4.02. The molecule has 1 heterocycles. The molecule has 0 bridgehead atoms. The number of aromatic carboxylic acids is 2. The van der Waals surface area contributed by atoms with Gasteiger partial charge in [-0.15, -0.1) is 0 Å². The minimum atomic E-state index is -1.34. The molecule has 150 valence electrons. The molecule has 2 amide bonds. The minimum Gasteiger partial charge on any atom is -0.478 e. The van der Waals surface area contributed by atoms with E-state index in [-0.39, 0.29) is 40.1 Å². The average Bonchev–Trinajstić information content (AvgIpc) is 2.95. The number of carboxylic acid groups (broad SMARTS) is 2. The van der Waals surface area contributed by atoms with Gasteiger partial charge in [-0.2, -0.15) is 0 Å². The van der Waals surface area contributed by atoms with Crippen molar-refractivity contribution in [3.8, 4) is 0 Å². The zero-order valence-corrected chi connectivity index (χ0v) is 15.7. The van der Waals surface area contributed by atoms with Crippen LogP contribution in [-0.2, 0) is 14.4 Å². The third-order valence-corrected chi connectivity index (χ3v) is 5.06. The quantitative estimate of drug-likeness (QED) is 0.493. The Morgan fingerprint density at radius 2 is 1.71 bits per heavy atom. The molecule has 1 aliphatic rings. The first kappa shape index (κ1) is 21.4. The van der Waals surface area contributed by atoms with Crippen molar-refractivity contribution < 1.29 is 34.2 Å². The van der Waals surface area contributed by atoms with E-state index in [0.29, 0.717) is 6.54 Å². The van der Waals surface area contributed by atoms with Gasteiger partial charge in [-0.25, -0.2) is 9.59 Å². The number of nitrogens with zero attached hydrogens (tertiary/aromatic N) is 1. The van der Waals surface area contributed by atoms with E-state index in [1.54, 1.807) is 0 Å². The summed E-state index contributed by atoms with van der Waals surface area (Å²) in [6.45, 7) is 1.53. The van der Waals surface area contributed by atoms with Gasteiger partial charge in [-0.3, -0.25) is 19.3 Å². The van der Waals surface area contributed by atoms with Crippen molar-refractivity contribution in [1.29, 1.82) is 0 Å². The second-order valence-corrected chi connectivity index (χ2v) is 7.75. The summed E-state index contributed by atoms with van der Waals surface area (Å²) in [7, 11) is 0. The van der Waals surface area contributed by atoms with Crippen molar-refractivity contribution in [2.75, 3.05) is 18.4 Å². The van der Waals surface area contributed by atoms with Crippen molar-refractivity contribution in [1.82, 2.24) is 4.90 Å². The molecular formula is C17H19N3O7S. The van der Waals surface area contributed by atoms with Crippen molar-refractivity contribution in [2.45, 2.75) is 24.6 Å². The van der Waals surface area contributed by atoms with Crippen molar-refractivity contribution >= 4 is 46.3 Å². The Labute approximate surface area is 164 Å². The molecule has 0 aromatic heterocycles. The highest BCUT2D eigenvalue weighted by molar-refractivity contribution is 8.14. The summed E-state index contributed by atoms with van der Waals surface area (Å²) in [6, 6.07) is 2.49. The molecule has 2 rings (SSSR count). The number of thioether (sulfide) groups is 1. The summed E-state index contributed by atoms with van der Waals surface area (Å²) >= 11 is 1.06. The third kappa shape index (κ3) is 5.54. The minimum absolute atomic E-state index is 0.00370. The predicted molar refractivity (Wildman–Crippen MR) is 100 cm³/mol. The van der Waals surface area contributed by atoms with Crippen LogP contribution >= 0.6 is 11.8 Å². The first-order valence-electron chi connectivity index (χ1n) is 8.19. The van der Waals surface area contributed by atoms with Crippen LogP contribution < -0.4 is 11.1 Å². The lowest BCUT2D eigenvalue weighted by atomic mass is 10.1. The number of hydrogen-bond donors (Lipinski definition) is 4. The number of hydrogen-bond acceptors (Lipinski definition) is 7. The van der Waals surface area contributed by atoms with E-state index in [4.69, 9.17) is 15.9 Å². The molecule has 1 saturated heterocycles. The number of nitrogens with two attached hydrogens (primary N) is 1. The number of nitrogens with one attached hydrogen (secondary N) is 1. The van der Waals surface area contributed by atoms with Crippen LogP contribution in [0, 0.1) is 0 Å². The molecule has 0 radical (unpaired) electrons. The Morgan fingerprint density at radius 1 is 1.14 bits per heavy atom. The lowest BCUT2D eigenvalue weighted by molar-refractivity contribution is -0.123. The number of carbonyl (C=O) groups is 5. The van der Waals surface area contributed by atoms with Crippen LogP contribution in [0.4, 0.5) is 5.69 Å². The van der Waals surface area contributed by atoms with E-state index < -0.39 is 29.8 Å². The molecule has 10 nitrogen and oxygen atoms in total. The molecule has 1 aliphatic heterocycles. The Kier molecular flexibility index (Phi) is 6.75. The van der Waals surface area contributed by atoms with Gasteiger partial charge in [0.2, 0.25) is 11.8 Å². The van der Waals surface area contributed by atoms with E-state index in [1.807, 2.05) is 0 Å². The SMILES string of the molecule is CC(=O)S[C@H]1C[C@@H](C(=O)Nc2cc(C(=O)O)cc(C(=O)O)c2)N(CC(N)=O)C1. The molecule has 0 saturated carbocycles. The van der Waals surface area contributed by atoms with Gasteiger partial charge in [0.1, 0.15) is 0 Å². The molecule has 0 unspecified atom stereocenters. The molecule has 1 fully saturated rings. The molecule has 28 heavy (non-hydrogen) atoms. The van der Waals surface area contributed by atoms with Crippen LogP contribution in [0.2, 0.25) is 0 Å². The second kappa shape index (κ2) is 8.85. The first-order chi connectivity index (χ1) is 13.1. The highest BCUT2D eigenvalue weighted by Crippen LogP contribution is 2.29. The molecular weight excluding hydrogens is 390 g/mol.